The molecule has 0 aliphatic carbocycles. The fraction of sp³-hybridized carbons (Fsp3) is 0.368. The number of hydrogen-bond acceptors (Lipinski definition) is 3. The molecule has 0 amide bonds. The van der Waals surface area contributed by atoms with Gasteiger partial charge in [0.1, 0.15) is 5.82 Å². The van der Waals surface area contributed by atoms with Crippen LogP contribution in [0, 0.1) is 5.82 Å². The Balaban J connectivity index is 1.67. The molecule has 2 aromatic rings. The predicted molar refractivity (Wildman–Crippen MR) is 95.7 cm³/mol. The summed E-state index contributed by atoms with van der Waals surface area (Å²) in [6.07, 6.45) is 1.48. The first-order valence-corrected chi connectivity index (χ1v) is 8.66. The molecule has 1 aliphatic heterocycles. The number of nitrogens with zero attached hydrogens (tertiary/aromatic N) is 1. The third-order valence-electron chi connectivity index (χ3n) is 4.47. The number of nitrogens with one attached hydrogen (secondary N) is 1. The van der Waals surface area contributed by atoms with Gasteiger partial charge >= 0.3 is 0 Å². The van der Waals surface area contributed by atoms with Crippen LogP contribution in [0.3, 0.4) is 0 Å². The van der Waals surface area contributed by atoms with Crippen molar-refractivity contribution in [2.24, 2.45) is 0 Å². The van der Waals surface area contributed by atoms with E-state index in [0.29, 0.717) is 12.1 Å². The number of anilines is 1. The molecule has 5 heteroatoms. The lowest BCUT2D eigenvalue weighted by Crippen LogP contribution is -2.35. The monoisotopic (exact) mass is 348 g/mol. The van der Waals surface area contributed by atoms with Crippen molar-refractivity contribution in [3.8, 4) is 0 Å². The second kappa shape index (κ2) is 7.97. The predicted octanol–water partition coefficient (Wildman–Crippen LogP) is 4.05. The zero-order chi connectivity index (χ0) is 16.9. The minimum atomic E-state index is -0.367. The van der Waals surface area contributed by atoms with Crippen molar-refractivity contribution in [2.45, 2.75) is 32.0 Å². The zero-order valence-electron chi connectivity index (χ0n) is 13.5. The van der Waals surface area contributed by atoms with Gasteiger partial charge in [-0.25, -0.2) is 4.39 Å². The molecule has 0 saturated carbocycles. The Morgan fingerprint density at radius 3 is 2.58 bits per heavy atom. The number of rotatable bonds is 5. The van der Waals surface area contributed by atoms with Gasteiger partial charge in [0.2, 0.25) is 0 Å². The molecule has 1 aliphatic rings. The summed E-state index contributed by atoms with van der Waals surface area (Å²) in [6, 6.07) is 13.1. The van der Waals surface area contributed by atoms with Crippen LogP contribution in [0.4, 0.5) is 10.1 Å². The van der Waals surface area contributed by atoms with E-state index in [1.807, 2.05) is 18.2 Å². The van der Waals surface area contributed by atoms with Crippen molar-refractivity contribution in [3.63, 3.8) is 0 Å². The smallest absolute Gasteiger partial charge is 0.146 e. The Bertz CT molecular complexity index is 687. The summed E-state index contributed by atoms with van der Waals surface area (Å²) in [7, 11) is 0. The number of para-hydroxylation sites is 1. The van der Waals surface area contributed by atoms with Gasteiger partial charge in [0.25, 0.3) is 0 Å². The number of aliphatic hydroxyl groups is 1. The topological polar surface area (TPSA) is 35.5 Å². The first-order chi connectivity index (χ1) is 11.6. The van der Waals surface area contributed by atoms with Crippen LogP contribution in [-0.4, -0.2) is 29.2 Å². The Labute approximate surface area is 147 Å². The molecule has 0 spiro atoms. The van der Waals surface area contributed by atoms with E-state index in [1.54, 1.807) is 18.2 Å². The molecular formula is C19H22ClFN2O. The van der Waals surface area contributed by atoms with Crippen molar-refractivity contribution in [1.82, 2.24) is 4.90 Å². The minimum Gasteiger partial charge on any atom is -0.393 e. The Morgan fingerprint density at radius 2 is 1.79 bits per heavy atom. The Kier molecular flexibility index (Phi) is 5.72. The van der Waals surface area contributed by atoms with Gasteiger partial charge in [0.15, 0.2) is 0 Å². The van der Waals surface area contributed by atoms with Gasteiger partial charge in [-0.15, -0.1) is 0 Å². The maximum absolute atomic E-state index is 14.0. The highest BCUT2D eigenvalue weighted by atomic mass is 35.5. The molecular weight excluding hydrogens is 327 g/mol. The highest BCUT2D eigenvalue weighted by Crippen LogP contribution is 2.22. The van der Waals surface area contributed by atoms with E-state index in [2.05, 4.69) is 16.3 Å². The van der Waals surface area contributed by atoms with Crippen molar-refractivity contribution >= 4 is 17.3 Å². The third kappa shape index (κ3) is 4.26. The van der Waals surface area contributed by atoms with Crippen LogP contribution in [0.1, 0.15) is 24.0 Å². The van der Waals surface area contributed by atoms with Gasteiger partial charge < -0.3 is 10.4 Å². The highest BCUT2D eigenvalue weighted by Gasteiger charge is 2.17. The van der Waals surface area contributed by atoms with Crippen LogP contribution in [0.2, 0.25) is 5.02 Å². The molecule has 2 N–H and O–H groups in total. The van der Waals surface area contributed by atoms with E-state index < -0.39 is 0 Å². The lowest BCUT2D eigenvalue weighted by molar-refractivity contribution is 0.0793. The second-order valence-corrected chi connectivity index (χ2v) is 6.64. The molecule has 3 rings (SSSR count). The minimum absolute atomic E-state index is 0.148. The molecule has 3 nitrogen and oxygen atoms in total. The lowest BCUT2D eigenvalue weighted by Gasteiger charge is -2.30. The molecule has 0 aromatic heterocycles. The normalized spacial score (nSPS) is 16.3. The maximum Gasteiger partial charge on any atom is 0.146 e. The number of aliphatic hydroxyl groups excluding tert-OH is 1. The van der Waals surface area contributed by atoms with Crippen molar-refractivity contribution < 1.29 is 9.50 Å². The highest BCUT2D eigenvalue weighted by molar-refractivity contribution is 6.30. The van der Waals surface area contributed by atoms with Gasteiger partial charge in [0.05, 0.1) is 11.1 Å². The van der Waals surface area contributed by atoms with E-state index >= 15 is 0 Å². The summed E-state index contributed by atoms with van der Waals surface area (Å²) in [4.78, 5) is 2.34. The van der Waals surface area contributed by atoms with E-state index in [4.69, 9.17) is 11.6 Å². The van der Waals surface area contributed by atoms with Crippen molar-refractivity contribution in [2.75, 3.05) is 18.4 Å². The number of benzene rings is 2. The van der Waals surface area contributed by atoms with Gasteiger partial charge in [-0.1, -0.05) is 41.9 Å². The molecule has 24 heavy (non-hydrogen) atoms. The zero-order valence-corrected chi connectivity index (χ0v) is 14.3. The Hall–Kier alpha value is -1.62. The summed E-state index contributed by atoms with van der Waals surface area (Å²) < 4.78 is 14.0. The molecule has 2 aromatic carbocycles. The average Bonchev–Trinajstić information content (AvgIpc) is 2.59. The summed E-state index contributed by atoms with van der Waals surface area (Å²) in [5, 5.41) is 13.1. The van der Waals surface area contributed by atoms with E-state index in [-0.39, 0.29) is 16.9 Å². The third-order valence-corrected chi connectivity index (χ3v) is 4.76. The van der Waals surface area contributed by atoms with E-state index in [1.165, 1.54) is 5.56 Å². The average molecular weight is 349 g/mol. The Morgan fingerprint density at radius 1 is 1.08 bits per heavy atom. The first kappa shape index (κ1) is 17.2. The van der Waals surface area contributed by atoms with E-state index in [9.17, 15) is 9.50 Å². The fourth-order valence-corrected chi connectivity index (χ4v) is 3.22. The molecule has 0 bridgehead atoms. The van der Waals surface area contributed by atoms with Gasteiger partial charge in [0, 0.05) is 37.4 Å². The van der Waals surface area contributed by atoms with Crippen LogP contribution in [-0.2, 0) is 13.1 Å². The summed E-state index contributed by atoms with van der Waals surface area (Å²) in [6.45, 7) is 3.02. The SMILES string of the molecule is OC1CCN(Cc2ccccc2NCc2cccc(Cl)c2F)CC1. The quantitative estimate of drug-likeness (QED) is 0.855. The first-order valence-electron chi connectivity index (χ1n) is 8.28. The molecule has 1 fully saturated rings. The van der Waals surface area contributed by atoms with Crippen LogP contribution in [0.5, 0.6) is 0 Å². The maximum atomic E-state index is 14.0. The fourth-order valence-electron chi connectivity index (χ4n) is 3.02. The van der Waals surface area contributed by atoms with Gasteiger partial charge in [-0.3, -0.25) is 4.90 Å². The standard InChI is InChI=1S/C19H22ClFN2O/c20-17-6-3-5-14(19(17)21)12-22-18-7-2-1-4-15(18)13-23-10-8-16(24)9-11-23/h1-7,16,22,24H,8-13H2. The van der Waals surface area contributed by atoms with Crippen LogP contribution < -0.4 is 5.32 Å². The van der Waals surface area contributed by atoms with Crippen LogP contribution in [0.15, 0.2) is 42.5 Å². The number of halogens is 2. The molecule has 1 saturated heterocycles. The molecule has 128 valence electrons. The summed E-state index contributed by atoms with van der Waals surface area (Å²) >= 11 is 5.84. The van der Waals surface area contributed by atoms with Gasteiger partial charge in [-0.2, -0.15) is 0 Å². The molecule has 1 heterocycles. The van der Waals surface area contributed by atoms with Gasteiger partial charge in [-0.05, 0) is 30.5 Å². The number of likely N-dealkylation sites (tertiary alicyclic amines) is 1. The van der Waals surface area contributed by atoms with E-state index in [0.717, 1.165) is 38.2 Å². The van der Waals surface area contributed by atoms with Crippen LogP contribution in [0.25, 0.3) is 0 Å². The van der Waals surface area contributed by atoms with Crippen LogP contribution >= 0.6 is 11.6 Å². The second-order valence-electron chi connectivity index (χ2n) is 6.23. The molecule has 0 atom stereocenters. The summed E-state index contributed by atoms with van der Waals surface area (Å²) in [5.41, 5.74) is 2.73. The summed E-state index contributed by atoms with van der Waals surface area (Å²) in [5.74, 6) is -0.367. The number of hydrogen-bond donors (Lipinski definition) is 2. The largest absolute Gasteiger partial charge is 0.393 e. The van der Waals surface area contributed by atoms with Crippen molar-refractivity contribution in [3.05, 3.63) is 64.4 Å². The van der Waals surface area contributed by atoms with Crippen molar-refractivity contribution in [1.29, 1.82) is 0 Å². The molecule has 0 radical (unpaired) electrons. The number of piperidine rings is 1. The lowest BCUT2D eigenvalue weighted by atomic mass is 10.1. The molecule has 0 unspecified atom stereocenters.